The van der Waals surface area contributed by atoms with Crippen molar-refractivity contribution in [2.75, 3.05) is 5.32 Å². The van der Waals surface area contributed by atoms with Crippen molar-refractivity contribution in [2.24, 2.45) is 0 Å². The molecule has 5 nitrogen and oxygen atoms in total. The molecule has 0 fully saturated rings. The minimum absolute atomic E-state index is 0.219. The number of benzene rings is 3. The first-order valence-electron chi connectivity index (χ1n) is 9.86. The molecule has 0 aliphatic carbocycles. The molecule has 0 saturated heterocycles. The van der Waals surface area contributed by atoms with Gasteiger partial charge < -0.3 is 10.1 Å². The Bertz CT molecular complexity index is 1330. The van der Waals surface area contributed by atoms with Crippen molar-refractivity contribution in [1.29, 1.82) is 0 Å². The van der Waals surface area contributed by atoms with Gasteiger partial charge in [-0.1, -0.05) is 59.6 Å². The molecule has 3 heterocycles. The van der Waals surface area contributed by atoms with E-state index >= 15 is 0 Å². The Labute approximate surface area is 188 Å². The van der Waals surface area contributed by atoms with Gasteiger partial charge in [0.25, 0.3) is 0 Å². The molecule has 0 spiro atoms. The number of rotatable bonds is 2. The monoisotopic (exact) mass is 446 g/mol. The Balaban J connectivity index is 1.63. The van der Waals surface area contributed by atoms with Gasteiger partial charge in [-0.3, -0.25) is 0 Å². The molecule has 2 aliphatic rings. The molecule has 0 amide bonds. The lowest BCUT2D eigenvalue weighted by Gasteiger charge is -2.39. The minimum Gasteiger partial charge on any atom is -0.480 e. The highest BCUT2D eigenvalue weighted by atomic mass is 35.5. The highest BCUT2D eigenvalue weighted by Gasteiger charge is 2.40. The fourth-order valence-corrected chi connectivity index (χ4v) is 4.65. The van der Waals surface area contributed by atoms with Gasteiger partial charge in [-0.2, -0.15) is 10.1 Å². The first-order chi connectivity index (χ1) is 15.2. The highest BCUT2D eigenvalue weighted by molar-refractivity contribution is 6.30. The van der Waals surface area contributed by atoms with Crippen LogP contribution in [0, 0.1) is 0 Å². The number of fused-ring (bicyclic) bond motifs is 3. The van der Waals surface area contributed by atoms with E-state index in [-0.39, 0.29) is 12.1 Å². The molecule has 152 valence electrons. The number of para-hydroxylation sites is 1. The first-order valence-corrected chi connectivity index (χ1v) is 10.6. The van der Waals surface area contributed by atoms with Crippen LogP contribution in [0.2, 0.25) is 10.0 Å². The van der Waals surface area contributed by atoms with Crippen LogP contribution in [0.4, 0.5) is 5.95 Å². The normalized spacial score (nSPS) is 19.0. The Hall–Kier alpha value is -3.28. The van der Waals surface area contributed by atoms with Crippen LogP contribution in [0.5, 0.6) is 5.75 Å². The van der Waals surface area contributed by atoms with Crippen LogP contribution in [0.25, 0.3) is 5.70 Å². The second-order valence-corrected chi connectivity index (χ2v) is 8.36. The lowest BCUT2D eigenvalue weighted by molar-refractivity contribution is 0.223. The van der Waals surface area contributed by atoms with E-state index in [1.807, 2.05) is 71.4 Å². The maximum atomic E-state index is 6.57. The Kier molecular flexibility index (Phi) is 4.26. The third-order valence-electron chi connectivity index (χ3n) is 5.66. The van der Waals surface area contributed by atoms with Crippen LogP contribution in [0.1, 0.15) is 28.8 Å². The molecular formula is C24H16Cl2N4O. The molecule has 31 heavy (non-hydrogen) atoms. The number of nitrogens with zero attached hydrogens (tertiary/aromatic N) is 3. The number of hydrogen-bond donors (Lipinski definition) is 1. The van der Waals surface area contributed by atoms with Gasteiger partial charge in [0.1, 0.15) is 24.2 Å². The number of hydrogen-bond acceptors (Lipinski definition) is 4. The van der Waals surface area contributed by atoms with Crippen LogP contribution in [0.15, 0.2) is 84.7 Å². The van der Waals surface area contributed by atoms with Gasteiger partial charge in [0.2, 0.25) is 5.95 Å². The number of nitrogens with one attached hydrogen (secondary N) is 1. The van der Waals surface area contributed by atoms with Crippen LogP contribution in [0.3, 0.4) is 0 Å². The van der Waals surface area contributed by atoms with Crippen molar-refractivity contribution in [2.45, 2.75) is 12.1 Å². The van der Waals surface area contributed by atoms with Gasteiger partial charge in [0.05, 0.1) is 5.70 Å². The number of halogens is 2. The van der Waals surface area contributed by atoms with Crippen molar-refractivity contribution in [3.05, 3.63) is 111 Å². The Morgan fingerprint density at radius 1 is 0.871 bits per heavy atom. The fraction of sp³-hybridized carbons (Fsp3) is 0.0833. The lowest BCUT2D eigenvalue weighted by atomic mass is 9.84. The smallest absolute Gasteiger partial charge is 0.226 e. The van der Waals surface area contributed by atoms with Crippen LogP contribution in [-0.2, 0) is 0 Å². The molecule has 0 bridgehead atoms. The molecule has 6 rings (SSSR count). The van der Waals surface area contributed by atoms with Gasteiger partial charge in [-0.25, -0.2) is 4.68 Å². The third-order valence-corrected chi connectivity index (χ3v) is 6.15. The summed E-state index contributed by atoms with van der Waals surface area (Å²) in [7, 11) is 0. The summed E-state index contributed by atoms with van der Waals surface area (Å²) in [5.41, 5.74) is 5.02. The van der Waals surface area contributed by atoms with E-state index in [9.17, 15) is 0 Å². The molecule has 1 N–H and O–H groups in total. The highest BCUT2D eigenvalue weighted by Crippen LogP contribution is 2.50. The molecule has 2 atom stereocenters. The van der Waals surface area contributed by atoms with Gasteiger partial charge in [-0.05, 0) is 47.5 Å². The van der Waals surface area contributed by atoms with Crippen LogP contribution < -0.4 is 10.1 Å². The van der Waals surface area contributed by atoms with E-state index in [1.54, 1.807) is 6.33 Å². The molecule has 2 aliphatic heterocycles. The predicted octanol–water partition coefficient (Wildman–Crippen LogP) is 6.14. The first kappa shape index (κ1) is 18.5. The standard InChI is InChI=1S/C24H16Cl2N4O/c25-16-10-8-14(9-11-16)22-20-21(29-24-27-13-28-30(22)24)18-6-1-2-7-19(18)31-23(20)15-4-3-5-17(26)12-15/h1-13,22-23H,(H,27,28,29). The largest absolute Gasteiger partial charge is 0.480 e. The average Bonchev–Trinajstić information content (AvgIpc) is 3.26. The number of ether oxygens (including phenoxy) is 1. The summed E-state index contributed by atoms with van der Waals surface area (Å²) in [4.78, 5) is 4.44. The zero-order valence-electron chi connectivity index (χ0n) is 16.2. The molecule has 0 saturated carbocycles. The molecule has 1 aromatic heterocycles. The second-order valence-electron chi connectivity index (χ2n) is 7.49. The molecular weight excluding hydrogens is 431 g/mol. The topological polar surface area (TPSA) is 52.0 Å². The van der Waals surface area contributed by atoms with Crippen molar-refractivity contribution >= 4 is 34.8 Å². The zero-order chi connectivity index (χ0) is 20.9. The SMILES string of the molecule is Clc1ccc(C2C3=C(Nc4ncnn42)c2ccccc2OC3c2cccc(Cl)c2)cc1. The van der Waals surface area contributed by atoms with E-state index < -0.39 is 0 Å². The second kappa shape index (κ2) is 7.15. The van der Waals surface area contributed by atoms with E-state index in [0.717, 1.165) is 33.7 Å². The Morgan fingerprint density at radius 3 is 2.55 bits per heavy atom. The molecule has 0 radical (unpaired) electrons. The quantitative estimate of drug-likeness (QED) is 0.401. The fourth-order valence-electron chi connectivity index (χ4n) is 4.33. The minimum atomic E-state index is -0.353. The molecule has 2 unspecified atom stereocenters. The molecule has 3 aromatic carbocycles. The predicted molar refractivity (Wildman–Crippen MR) is 121 cm³/mol. The summed E-state index contributed by atoms with van der Waals surface area (Å²) in [6.07, 6.45) is 1.21. The van der Waals surface area contributed by atoms with Crippen LogP contribution in [-0.4, -0.2) is 14.8 Å². The van der Waals surface area contributed by atoms with Crippen molar-refractivity contribution in [3.63, 3.8) is 0 Å². The van der Waals surface area contributed by atoms with E-state index in [0.29, 0.717) is 16.0 Å². The Morgan fingerprint density at radius 2 is 1.71 bits per heavy atom. The lowest BCUT2D eigenvalue weighted by Crippen LogP contribution is -2.32. The summed E-state index contributed by atoms with van der Waals surface area (Å²) in [6.45, 7) is 0. The van der Waals surface area contributed by atoms with Gasteiger partial charge >= 0.3 is 0 Å². The van der Waals surface area contributed by atoms with Gasteiger partial charge in [-0.15, -0.1) is 0 Å². The summed E-state index contributed by atoms with van der Waals surface area (Å²) in [6, 6.07) is 23.4. The summed E-state index contributed by atoms with van der Waals surface area (Å²) < 4.78 is 8.45. The zero-order valence-corrected chi connectivity index (χ0v) is 17.7. The van der Waals surface area contributed by atoms with Crippen LogP contribution >= 0.6 is 23.2 Å². The van der Waals surface area contributed by atoms with E-state index in [4.69, 9.17) is 27.9 Å². The van der Waals surface area contributed by atoms with E-state index in [1.165, 1.54) is 0 Å². The summed E-state index contributed by atoms with van der Waals surface area (Å²) >= 11 is 12.5. The third kappa shape index (κ3) is 3.00. The maximum Gasteiger partial charge on any atom is 0.226 e. The van der Waals surface area contributed by atoms with Crippen molar-refractivity contribution < 1.29 is 4.74 Å². The van der Waals surface area contributed by atoms with Gasteiger partial charge in [0, 0.05) is 21.2 Å². The summed E-state index contributed by atoms with van der Waals surface area (Å²) in [5, 5.41) is 9.36. The average molecular weight is 447 g/mol. The molecule has 4 aromatic rings. The maximum absolute atomic E-state index is 6.57. The number of aromatic nitrogens is 3. The van der Waals surface area contributed by atoms with E-state index in [2.05, 4.69) is 21.5 Å². The van der Waals surface area contributed by atoms with Crippen molar-refractivity contribution in [1.82, 2.24) is 14.8 Å². The van der Waals surface area contributed by atoms with Crippen molar-refractivity contribution in [3.8, 4) is 5.75 Å². The number of anilines is 1. The van der Waals surface area contributed by atoms with Gasteiger partial charge in [0.15, 0.2) is 0 Å². The summed E-state index contributed by atoms with van der Waals surface area (Å²) in [5.74, 6) is 1.49. The molecule has 7 heteroatoms.